The van der Waals surface area contributed by atoms with E-state index >= 15 is 0 Å². The van der Waals surface area contributed by atoms with Gasteiger partial charge in [0.2, 0.25) is 11.9 Å². The van der Waals surface area contributed by atoms with Crippen LogP contribution in [0.25, 0.3) is 0 Å². The fourth-order valence-corrected chi connectivity index (χ4v) is 4.10. The Hall–Kier alpha value is -2.02. The molecule has 1 saturated heterocycles. The molecular weight excluding hydrogens is 346 g/mol. The van der Waals surface area contributed by atoms with Crippen molar-refractivity contribution in [3.63, 3.8) is 0 Å². The van der Waals surface area contributed by atoms with Gasteiger partial charge in [-0.2, -0.15) is 0 Å². The first-order chi connectivity index (χ1) is 12.7. The molecule has 1 aliphatic heterocycles. The van der Waals surface area contributed by atoms with Gasteiger partial charge in [-0.05, 0) is 49.8 Å². The van der Waals surface area contributed by atoms with Gasteiger partial charge in [-0.15, -0.1) is 10.2 Å². The van der Waals surface area contributed by atoms with Crippen LogP contribution in [-0.2, 0) is 11.2 Å². The number of carbonyl (C=O) groups is 1. The molecule has 6 nitrogen and oxygen atoms in total. The molecule has 138 valence electrons. The summed E-state index contributed by atoms with van der Waals surface area (Å²) in [6.45, 7) is 4.24. The number of thioether (sulfide) groups is 1. The summed E-state index contributed by atoms with van der Waals surface area (Å²) in [6.07, 6.45) is 5.81. The van der Waals surface area contributed by atoms with Crippen molar-refractivity contribution in [2.75, 3.05) is 29.1 Å². The molecule has 1 saturated carbocycles. The highest BCUT2D eigenvalue weighted by molar-refractivity contribution is 7.99. The summed E-state index contributed by atoms with van der Waals surface area (Å²) in [6, 6.07) is 8.52. The predicted octanol–water partition coefficient (Wildman–Crippen LogP) is 3.51. The first kappa shape index (κ1) is 17.4. The van der Waals surface area contributed by atoms with E-state index in [0.29, 0.717) is 11.8 Å². The molecular formula is C19H25N5OS. The molecule has 0 atom stereocenters. The predicted molar refractivity (Wildman–Crippen MR) is 105 cm³/mol. The Morgan fingerprint density at radius 3 is 2.58 bits per heavy atom. The van der Waals surface area contributed by atoms with Crippen LogP contribution < -0.4 is 10.2 Å². The normalized spacial score (nSPS) is 16.9. The number of carbonyl (C=O) groups excluding carboxylic acids is 1. The number of rotatable bonds is 7. The van der Waals surface area contributed by atoms with E-state index in [-0.39, 0.29) is 5.91 Å². The minimum atomic E-state index is -0.00711. The Morgan fingerprint density at radius 1 is 1.19 bits per heavy atom. The zero-order valence-electron chi connectivity index (χ0n) is 15.1. The Kier molecular flexibility index (Phi) is 5.15. The van der Waals surface area contributed by atoms with E-state index in [1.165, 1.54) is 43.0 Å². The van der Waals surface area contributed by atoms with Gasteiger partial charge in [0.25, 0.3) is 0 Å². The number of hydrogen-bond acceptors (Lipinski definition) is 5. The number of nitrogens with zero attached hydrogens (tertiary/aromatic N) is 4. The topological polar surface area (TPSA) is 63.1 Å². The monoisotopic (exact) mass is 371 g/mol. The summed E-state index contributed by atoms with van der Waals surface area (Å²) in [5.41, 5.74) is 2.11. The largest absolute Gasteiger partial charge is 0.341 e. The van der Waals surface area contributed by atoms with E-state index in [0.717, 1.165) is 36.3 Å². The van der Waals surface area contributed by atoms with E-state index in [1.807, 2.05) is 12.1 Å². The Labute approximate surface area is 158 Å². The third-order valence-corrected chi connectivity index (χ3v) is 5.87. The van der Waals surface area contributed by atoms with Gasteiger partial charge < -0.3 is 10.2 Å². The fraction of sp³-hybridized carbons (Fsp3) is 0.526. The van der Waals surface area contributed by atoms with E-state index < -0.39 is 0 Å². The number of anilines is 2. The van der Waals surface area contributed by atoms with Gasteiger partial charge in [-0.1, -0.05) is 30.8 Å². The van der Waals surface area contributed by atoms with Gasteiger partial charge in [-0.25, -0.2) is 0 Å². The lowest BCUT2D eigenvalue weighted by Gasteiger charge is -2.17. The van der Waals surface area contributed by atoms with Gasteiger partial charge in [0.1, 0.15) is 0 Å². The number of aryl methyl sites for hydroxylation is 1. The first-order valence-corrected chi connectivity index (χ1v) is 10.4. The van der Waals surface area contributed by atoms with E-state index in [9.17, 15) is 4.79 Å². The average Bonchev–Trinajstić information content (AvgIpc) is 3.18. The van der Waals surface area contributed by atoms with Crippen molar-refractivity contribution < 1.29 is 4.79 Å². The van der Waals surface area contributed by atoms with Gasteiger partial charge in [0.05, 0.1) is 5.75 Å². The van der Waals surface area contributed by atoms with Crippen LogP contribution in [0.15, 0.2) is 29.4 Å². The van der Waals surface area contributed by atoms with Crippen LogP contribution in [0.4, 0.5) is 11.6 Å². The standard InChI is InChI=1S/C19H25N5OS/c1-2-14-5-7-15(8-6-14)20-17(25)13-26-19-22-21-18(23-11-3-4-12-23)24(19)16-9-10-16/h5-8,16H,2-4,9-13H2,1H3,(H,20,25). The molecule has 26 heavy (non-hydrogen) atoms. The van der Waals surface area contributed by atoms with E-state index in [1.54, 1.807) is 0 Å². The molecule has 1 aliphatic carbocycles. The van der Waals surface area contributed by atoms with Crippen molar-refractivity contribution in [1.29, 1.82) is 0 Å². The smallest absolute Gasteiger partial charge is 0.234 e. The molecule has 1 aromatic heterocycles. The summed E-state index contributed by atoms with van der Waals surface area (Å²) >= 11 is 1.48. The van der Waals surface area contributed by atoms with E-state index in [2.05, 4.69) is 44.0 Å². The number of benzene rings is 1. The lowest BCUT2D eigenvalue weighted by molar-refractivity contribution is -0.113. The summed E-state index contributed by atoms with van der Waals surface area (Å²) in [5, 5.41) is 12.6. The molecule has 2 aliphatic rings. The molecule has 2 heterocycles. The van der Waals surface area contributed by atoms with Crippen molar-refractivity contribution >= 4 is 29.3 Å². The summed E-state index contributed by atoms with van der Waals surface area (Å²) in [7, 11) is 0. The zero-order chi connectivity index (χ0) is 17.9. The SMILES string of the molecule is CCc1ccc(NC(=O)CSc2nnc(N3CCCC3)n2C2CC2)cc1. The second-order valence-electron chi connectivity index (χ2n) is 6.97. The number of hydrogen-bond donors (Lipinski definition) is 1. The highest BCUT2D eigenvalue weighted by atomic mass is 32.2. The molecule has 1 amide bonds. The Bertz CT molecular complexity index is 763. The summed E-state index contributed by atoms with van der Waals surface area (Å²) < 4.78 is 2.25. The quantitative estimate of drug-likeness (QED) is 0.755. The molecule has 2 fully saturated rings. The van der Waals surface area contributed by atoms with Crippen LogP contribution in [0.3, 0.4) is 0 Å². The second kappa shape index (κ2) is 7.70. The van der Waals surface area contributed by atoms with Crippen LogP contribution in [0.1, 0.15) is 44.2 Å². The molecule has 1 aromatic carbocycles. The second-order valence-corrected chi connectivity index (χ2v) is 7.91. The highest BCUT2D eigenvalue weighted by Gasteiger charge is 2.32. The van der Waals surface area contributed by atoms with Crippen LogP contribution in [0.2, 0.25) is 0 Å². The molecule has 1 N–H and O–H groups in total. The maximum atomic E-state index is 12.3. The molecule has 0 bridgehead atoms. The highest BCUT2D eigenvalue weighted by Crippen LogP contribution is 2.41. The minimum absolute atomic E-state index is 0.00711. The Balaban J connectivity index is 1.38. The molecule has 0 spiro atoms. The van der Waals surface area contributed by atoms with Crippen LogP contribution in [-0.4, -0.2) is 39.5 Å². The maximum Gasteiger partial charge on any atom is 0.234 e. The third kappa shape index (κ3) is 3.87. The minimum Gasteiger partial charge on any atom is -0.341 e. The van der Waals surface area contributed by atoms with Gasteiger partial charge in [0.15, 0.2) is 5.16 Å². The number of amides is 1. The Morgan fingerprint density at radius 2 is 1.92 bits per heavy atom. The molecule has 0 unspecified atom stereocenters. The number of nitrogens with one attached hydrogen (secondary N) is 1. The number of aromatic nitrogens is 3. The van der Waals surface area contributed by atoms with Crippen molar-refractivity contribution in [1.82, 2.24) is 14.8 Å². The molecule has 4 rings (SSSR count). The van der Waals surface area contributed by atoms with E-state index in [4.69, 9.17) is 0 Å². The summed E-state index contributed by atoms with van der Waals surface area (Å²) in [4.78, 5) is 14.6. The maximum absolute atomic E-state index is 12.3. The van der Waals surface area contributed by atoms with Crippen molar-refractivity contribution in [3.8, 4) is 0 Å². The van der Waals surface area contributed by atoms with Gasteiger partial charge in [-0.3, -0.25) is 9.36 Å². The molecule has 2 aromatic rings. The van der Waals surface area contributed by atoms with Crippen LogP contribution in [0, 0.1) is 0 Å². The van der Waals surface area contributed by atoms with Crippen molar-refractivity contribution in [2.45, 2.75) is 50.2 Å². The fourth-order valence-electron chi connectivity index (χ4n) is 3.30. The van der Waals surface area contributed by atoms with Gasteiger partial charge >= 0.3 is 0 Å². The summed E-state index contributed by atoms with van der Waals surface area (Å²) in [5.74, 6) is 1.33. The first-order valence-electron chi connectivity index (χ1n) is 9.46. The van der Waals surface area contributed by atoms with Gasteiger partial charge in [0, 0.05) is 24.8 Å². The van der Waals surface area contributed by atoms with Crippen molar-refractivity contribution in [3.05, 3.63) is 29.8 Å². The average molecular weight is 372 g/mol. The lowest BCUT2D eigenvalue weighted by atomic mass is 10.1. The third-order valence-electron chi connectivity index (χ3n) is 4.93. The molecule has 0 radical (unpaired) electrons. The zero-order valence-corrected chi connectivity index (χ0v) is 16.0. The molecule has 7 heteroatoms. The van der Waals surface area contributed by atoms with Crippen LogP contribution >= 0.6 is 11.8 Å². The van der Waals surface area contributed by atoms with Crippen molar-refractivity contribution in [2.24, 2.45) is 0 Å². The van der Waals surface area contributed by atoms with Crippen LogP contribution in [0.5, 0.6) is 0 Å². The lowest BCUT2D eigenvalue weighted by Crippen LogP contribution is -2.22.